The molecule has 0 bridgehead atoms. The summed E-state index contributed by atoms with van der Waals surface area (Å²) in [6.45, 7) is 0. The van der Waals surface area contributed by atoms with Gasteiger partial charge in [-0.1, -0.05) is 158 Å². The van der Waals surface area contributed by atoms with Crippen molar-refractivity contribution >= 4 is 94.0 Å². The van der Waals surface area contributed by atoms with Crippen molar-refractivity contribution in [3.05, 3.63) is 259 Å². The highest BCUT2D eigenvalue weighted by molar-refractivity contribution is 6.12. The van der Waals surface area contributed by atoms with E-state index in [4.69, 9.17) is 15.0 Å². The second kappa shape index (κ2) is 18.8. The topological polar surface area (TPSA) is 114 Å². The SMILES string of the molecule is O=C(Cc1ccc(-c2ccc3c(ccc4ccccc43)n2)cc1)c1cc(C(=O)Nc2ccc(-c3ccc4c(ccc5ccccc54)n3)cc2)cc(C(=O)Nc2ccc(-c3ccc4c(ccc5ccccc54)n3)cc2)c1. The van der Waals surface area contributed by atoms with Crippen LogP contribution in [-0.4, -0.2) is 32.5 Å². The third kappa shape index (κ3) is 8.76. The second-order valence-corrected chi connectivity index (χ2v) is 18.8. The van der Waals surface area contributed by atoms with Gasteiger partial charge in [-0.15, -0.1) is 0 Å². The number of benzene rings is 10. The lowest BCUT2D eigenvalue weighted by Crippen LogP contribution is -2.18. The number of anilines is 2. The van der Waals surface area contributed by atoms with Crippen LogP contribution < -0.4 is 10.6 Å². The maximum absolute atomic E-state index is 14.2. The largest absolute Gasteiger partial charge is 0.322 e. The summed E-state index contributed by atoms with van der Waals surface area (Å²) in [5, 5.41) is 16.2. The van der Waals surface area contributed by atoms with Crippen LogP contribution in [0.15, 0.2) is 237 Å². The van der Waals surface area contributed by atoms with E-state index in [-0.39, 0.29) is 28.9 Å². The lowest BCUT2D eigenvalue weighted by Gasteiger charge is -2.12. The number of pyridine rings is 3. The molecule has 13 rings (SSSR count). The smallest absolute Gasteiger partial charge is 0.255 e. The van der Waals surface area contributed by atoms with Gasteiger partial charge in [0.25, 0.3) is 11.8 Å². The number of ketones is 1. The first kappa shape index (κ1) is 44.7. The number of carbonyl (C=O) groups excluding carboxylic acids is 3. The lowest BCUT2D eigenvalue weighted by atomic mass is 9.97. The second-order valence-electron chi connectivity index (χ2n) is 18.8. The molecule has 2 N–H and O–H groups in total. The number of hydrogen-bond donors (Lipinski definition) is 2. The highest BCUT2D eigenvalue weighted by Crippen LogP contribution is 2.32. The molecule has 8 heteroatoms. The third-order valence-electron chi connectivity index (χ3n) is 14.1. The van der Waals surface area contributed by atoms with Crippen molar-refractivity contribution < 1.29 is 14.4 Å². The van der Waals surface area contributed by atoms with Crippen LogP contribution in [0.4, 0.5) is 11.4 Å². The number of carbonyl (C=O) groups is 3. The summed E-state index contributed by atoms with van der Waals surface area (Å²) in [5.41, 5.74) is 10.3. The average Bonchev–Trinajstić information content (AvgIpc) is 3.47. The molecule has 0 aliphatic carbocycles. The minimum absolute atomic E-state index is 0.0462. The van der Waals surface area contributed by atoms with Gasteiger partial charge in [0.2, 0.25) is 0 Å². The van der Waals surface area contributed by atoms with Crippen molar-refractivity contribution in [2.75, 3.05) is 10.6 Å². The number of nitrogens with one attached hydrogen (secondary N) is 2. The van der Waals surface area contributed by atoms with Gasteiger partial charge in [-0.05, 0) is 117 Å². The maximum atomic E-state index is 14.2. The number of hydrogen-bond acceptors (Lipinski definition) is 6. The van der Waals surface area contributed by atoms with E-state index in [1.165, 1.54) is 6.07 Å². The van der Waals surface area contributed by atoms with Gasteiger partial charge in [-0.3, -0.25) is 14.4 Å². The molecule has 0 radical (unpaired) electrons. The van der Waals surface area contributed by atoms with E-state index >= 15 is 0 Å². The predicted molar refractivity (Wildman–Crippen MR) is 304 cm³/mol. The van der Waals surface area contributed by atoms with Crippen molar-refractivity contribution in [1.29, 1.82) is 0 Å². The van der Waals surface area contributed by atoms with Crippen molar-refractivity contribution in [3.8, 4) is 33.8 Å². The van der Waals surface area contributed by atoms with Gasteiger partial charge in [0.15, 0.2) is 5.78 Å². The number of amides is 2. The molecule has 0 saturated heterocycles. The standard InChI is InChI=1S/C67H43N5O3/c73-65(37-41-13-15-45(16-14-41)59-34-28-56-53-10-4-1-7-42(53)21-31-62(56)70-59)48-38-49(66(74)68-51-24-17-46(18-25-51)60-35-29-57-54-11-5-2-8-43(54)22-32-63(57)71-60)40-50(39-48)67(75)69-52-26-19-47(20-27-52)61-36-30-58-55-12-6-3-9-44(55)23-33-64(58)72-61/h1-36,38-40H,37H2,(H,68,74)(H,69,75). The summed E-state index contributed by atoms with van der Waals surface area (Å²) in [6.07, 6.45) is 0.0462. The summed E-state index contributed by atoms with van der Waals surface area (Å²) >= 11 is 0. The molecule has 3 aromatic heterocycles. The molecule has 10 aromatic carbocycles. The Morgan fingerprint density at radius 2 is 0.667 bits per heavy atom. The Morgan fingerprint density at radius 3 is 1.05 bits per heavy atom. The molecule has 0 aliphatic rings. The summed E-state index contributed by atoms with van der Waals surface area (Å²) in [6, 6.07) is 76.8. The first-order chi connectivity index (χ1) is 36.8. The predicted octanol–water partition coefficient (Wildman–Crippen LogP) is 15.7. The van der Waals surface area contributed by atoms with Crippen molar-refractivity contribution in [2.45, 2.75) is 6.42 Å². The molecule has 75 heavy (non-hydrogen) atoms. The van der Waals surface area contributed by atoms with E-state index < -0.39 is 11.8 Å². The lowest BCUT2D eigenvalue weighted by molar-refractivity contribution is 0.0993. The zero-order valence-corrected chi connectivity index (χ0v) is 40.3. The fourth-order valence-electron chi connectivity index (χ4n) is 10.1. The fraction of sp³-hybridized carbons (Fsp3) is 0.0149. The molecule has 8 nitrogen and oxygen atoms in total. The van der Waals surface area contributed by atoms with Crippen LogP contribution in [-0.2, 0) is 6.42 Å². The molecule has 0 saturated carbocycles. The monoisotopic (exact) mass is 965 g/mol. The molecule has 2 amide bonds. The van der Waals surface area contributed by atoms with Gasteiger partial charge in [-0.25, -0.2) is 15.0 Å². The van der Waals surface area contributed by atoms with Gasteiger partial charge < -0.3 is 10.6 Å². The van der Waals surface area contributed by atoms with E-state index in [9.17, 15) is 14.4 Å². The Labute approximate surface area is 431 Å². The third-order valence-corrected chi connectivity index (χ3v) is 14.1. The number of Topliss-reactive ketones (excluding diaryl/α,β-unsaturated/α-hetero) is 1. The highest BCUT2D eigenvalue weighted by Gasteiger charge is 2.19. The van der Waals surface area contributed by atoms with Crippen LogP contribution in [0.2, 0.25) is 0 Å². The van der Waals surface area contributed by atoms with Crippen molar-refractivity contribution in [2.24, 2.45) is 0 Å². The number of fused-ring (bicyclic) bond motifs is 9. The zero-order valence-electron chi connectivity index (χ0n) is 40.3. The summed E-state index contributed by atoms with van der Waals surface area (Å²) in [4.78, 5) is 57.4. The van der Waals surface area contributed by atoms with Crippen LogP contribution >= 0.6 is 0 Å². The quantitative estimate of drug-likeness (QED) is 0.104. The Balaban J connectivity index is 0.759. The van der Waals surface area contributed by atoms with Crippen LogP contribution in [0.5, 0.6) is 0 Å². The van der Waals surface area contributed by atoms with Gasteiger partial charge in [0.05, 0.1) is 33.6 Å². The summed E-state index contributed by atoms with van der Waals surface area (Å²) in [7, 11) is 0. The van der Waals surface area contributed by atoms with Crippen LogP contribution in [0.3, 0.4) is 0 Å². The number of nitrogens with zero attached hydrogens (tertiary/aromatic N) is 3. The van der Waals surface area contributed by atoms with Gasteiger partial charge >= 0.3 is 0 Å². The first-order valence-corrected chi connectivity index (χ1v) is 24.8. The highest BCUT2D eigenvalue weighted by atomic mass is 16.2. The molecule has 0 unspecified atom stereocenters. The van der Waals surface area contributed by atoms with E-state index in [1.54, 1.807) is 12.1 Å². The molecule has 0 fully saturated rings. The summed E-state index contributed by atoms with van der Waals surface area (Å²) < 4.78 is 0. The van der Waals surface area contributed by atoms with E-state index in [1.807, 2.05) is 146 Å². The van der Waals surface area contributed by atoms with E-state index in [2.05, 4.69) is 83.4 Å². The molecule has 0 spiro atoms. The normalized spacial score (nSPS) is 11.4. The Hall–Kier alpha value is -10.2. The molecular formula is C67H43N5O3. The van der Waals surface area contributed by atoms with Gasteiger partial charge in [0.1, 0.15) is 0 Å². The van der Waals surface area contributed by atoms with E-state index in [0.29, 0.717) is 11.4 Å². The van der Waals surface area contributed by atoms with Gasteiger partial charge in [0, 0.05) is 67.3 Å². The molecule has 354 valence electrons. The molecule has 0 atom stereocenters. The Kier molecular flexibility index (Phi) is 11.2. The average molecular weight is 966 g/mol. The fourth-order valence-corrected chi connectivity index (χ4v) is 10.1. The first-order valence-electron chi connectivity index (χ1n) is 24.8. The molecule has 13 aromatic rings. The minimum atomic E-state index is -0.470. The number of aromatic nitrogens is 3. The van der Waals surface area contributed by atoms with Crippen LogP contribution in [0.1, 0.15) is 36.6 Å². The Bertz CT molecular complexity index is 3970. The van der Waals surface area contributed by atoms with Crippen molar-refractivity contribution in [1.82, 2.24) is 15.0 Å². The van der Waals surface area contributed by atoms with E-state index in [0.717, 1.165) is 104 Å². The van der Waals surface area contributed by atoms with Crippen LogP contribution in [0, 0.1) is 0 Å². The van der Waals surface area contributed by atoms with Crippen molar-refractivity contribution in [3.63, 3.8) is 0 Å². The minimum Gasteiger partial charge on any atom is -0.322 e. The van der Waals surface area contributed by atoms with Gasteiger partial charge in [-0.2, -0.15) is 0 Å². The molecule has 3 heterocycles. The Morgan fingerprint density at radius 1 is 0.320 bits per heavy atom. The zero-order chi connectivity index (χ0) is 50.4. The van der Waals surface area contributed by atoms with Crippen LogP contribution in [0.25, 0.3) is 98.8 Å². The number of rotatable bonds is 10. The molecular weight excluding hydrogens is 923 g/mol. The molecule has 0 aliphatic heterocycles. The maximum Gasteiger partial charge on any atom is 0.255 e. The summed E-state index contributed by atoms with van der Waals surface area (Å²) in [5.74, 6) is -1.19.